The van der Waals surface area contributed by atoms with Gasteiger partial charge >= 0.3 is 25.5 Å². The maximum Gasteiger partial charge on any atom is 0.472 e. The Bertz CT molecular complexity index is 1850. The molecule has 2 saturated heterocycles. The fourth-order valence-electron chi connectivity index (χ4n) is 4.98. The number of nitrogens with two attached hydrogens (primary N) is 1. The molecule has 0 amide bonds. The lowest BCUT2D eigenvalue weighted by atomic mass is 10.1. The Morgan fingerprint density at radius 1 is 1.06 bits per heavy atom. The molecule has 24 heteroatoms. The van der Waals surface area contributed by atoms with E-state index in [1.54, 1.807) is 0 Å². The van der Waals surface area contributed by atoms with Crippen molar-refractivity contribution in [3.05, 3.63) is 33.5 Å². The van der Waals surface area contributed by atoms with Crippen LogP contribution in [0.2, 0.25) is 0 Å². The second-order valence-electron chi connectivity index (χ2n) is 10.1. The number of anilines is 1. The standard InChI is InChI=1S/C23H28N9O14P/c1-8(34)42-15-13(36)11(45-19(15)32-7-27-21(24)30-23(32)38)5-41-47(39,40)46-14-10(4-33)44-20(16(14)43-9(2)35)31-6-26-12-17(31)28-22(25-3)29-18(12)37/h6-7,10-11,13-16,19-20,33,36H,3-5H2,1-2H3,(H,39,40)(H2,24,30,38)(H,28,29,37)/t10-,11-,13+,14+,15?,16+,19-,20-/m1/s1. The van der Waals surface area contributed by atoms with E-state index in [0.29, 0.717) is 0 Å². The smallest absolute Gasteiger partial charge is 0.455 e. The number of nitrogens with zero attached hydrogens (tertiary/aromatic N) is 7. The minimum atomic E-state index is -5.19. The number of esters is 2. The topological polar surface area (TPSA) is 317 Å². The zero-order chi connectivity index (χ0) is 34.2. The van der Waals surface area contributed by atoms with Gasteiger partial charge < -0.3 is 39.8 Å². The Morgan fingerprint density at radius 3 is 2.34 bits per heavy atom. The Hall–Kier alpha value is -4.48. The number of fused-ring (bicyclic) bond motifs is 1. The number of H-pyrrole nitrogens is 1. The van der Waals surface area contributed by atoms with Crippen LogP contribution in [0.1, 0.15) is 26.3 Å². The molecule has 0 aromatic carbocycles. The molecule has 2 aliphatic heterocycles. The van der Waals surface area contributed by atoms with Crippen LogP contribution in [0.5, 0.6) is 0 Å². The zero-order valence-electron chi connectivity index (χ0n) is 24.4. The van der Waals surface area contributed by atoms with Crippen LogP contribution in [0.15, 0.2) is 27.2 Å². The van der Waals surface area contributed by atoms with E-state index in [1.807, 2.05) is 0 Å². The largest absolute Gasteiger partial charge is 0.472 e. The molecular weight excluding hydrogens is 657 g/mol. The first-order valence-electron chi connectivity index (χ1n) is 13.5. The van der Waals surface area contributed by atoms with Crippen molar-refractivity contribution in [2.24, 2.45) is 4.99 Å². The number of hydrogen-bond donors (Lipinski definition) is 5. The van der Waals surface area contributed by atoms with Crippen molar-refractivity contribution < 1.29 is 57.3 Å². The van der Waals surface area contributed by atoms with Gasteiger partial charge in [-0.15, -0.1) is 0 Å². The molecule has 2 aliphatic rings. The number of carbonyl (C=O) groups excluding carboxylic acids is 2. The van der Waals surface area contributed by atoms with E-state index in [0.717, 1.165) is 31.1 Å². The van der Waals surface area contributed by atoms with Crippen molar-refractivity contribution >= 4 is 49.5 Å². The van der Waals surface area contributed by atoms with Crippen LogP contribution in [0.3, 0.4) is 0 Å². The van der Waals surface area contributed by atoms with Gasteiger partial charge in [-0.05, 0) is 6.72 Å². The van der Waals surface area contributed by atoms with Crippen molar-refractivity contribution in [1.82, 2.24) is 34.1 Å². The van der Waals surface area contributed by atoms with Gasteiger partial charge in [-0.2, -0.15) is 9.97 Å². The number of aromatic nitrogens is 7. The molecule has 0 bridgehead atoms. The minimum Gasteiger partial charge on any atom is -0.455 e. The van der Waals surface area contributed by atoms with Gasteiger partial charge in [-0.25, -0.2) is 24.3 Å². The van der Waals surface area contributed by atoms with E-state index in [2.05, 4.69) is 36.6 Å². The number of ether oxygens (including phenoxy) is 4. The Morgan fingerprint density at radius 2 is 1.70 bits per heavy atom. The number of phosphoric ester groups is 1. The molecule has 9 atom stereocenters. The molecule has 0 saturated carbocycles. The van der Waals surface area contributed by atoms with E-state index in [-0.39, 0.29) is 23.1 Å². The quantitative estimate of drug-likeness (QED) is 0.0773. The predicted molar refractivity (Wildman–Crippen MR) is 151 cm³/mol. The molecular formula is C23H28N9O14P. The second kappa shape index (κ2) is 13.3. The van der Waals surface area contributed by atoms with Gasteiger partial charge in [0.2, 0.25) is 11.9 Å². The van der Waals surface area contributed by atoms with Crippen LogP contribution in [0.25, 0.3) is 11.2 Å². The molecule has 0 spiro atoms. The summed E-state index contributed by atoms with van der Waals surface area (Å²) in [5.74, 6) is -2.26. The van der Waals surface area contributed by atoms with E-state index in [9.17, 15) is 38.8 Å². The van der Waals surface area contributed by atoms with Gasteiger partial charge in [0.25, 0.3) is 5.56 Å². The lowest BCUT2D eigenvalue weighted by Gasteiger charge is -2.26. The Kier molecular flexibility index (Phi) is 9.60. The molecule has 5 heterocycles. The van der Waals surface area contributed by atoms with Crippen molar-refractivity contribution in [2.45, 2.75) is 62.9 Å². The molecule has 5 rings (SSSR count). The molecule has 47 heavy (non-hydrogen) atoms. The number of imidazole rings is 1. The van der Waals surface area contributed by atoms with Gasteiger partial charge in [-0.1, -0.05) is 0 Å². The number of aliphatic imine (C=N–C) groups is 1. The fourth-order valence-corrected chi connectivity index (χ4v) is 5.94. The number of carbonyl (C=O) groups is 2. The number of hydrogen-bond acceptors (Lipinski definition) is 19. The highest BCUT2D eigenvalue weighted by molar-refractivity contribution is 7.47. The van der Waals surface area contributed by atoms with Gasteiger partial charge in [0.05, 0.1) is 19.5 Å². The summed E-state index contributed by atoms with van der Waals surface area (Å²) in [4.78, 5) is 80.4. The Balaban J connectivity index is 1.37. The van der Waals surface area contributed by atoms with Gasteiger partial charge in [-0.3, -0.25) is 37.5 Å². The summed E-state index contributed by atoms with van der Waals surface area (Å²) >= 11 is 0. The summed E-state index contributed by atoms with van der Waals surface area (Å²) in [6, 6.07) is 0. The second-order valence-corrected chi connectivity index (χ2v) is 11.5. The highest BCUT2D eigenvalue weighted by atomic mass is 31.2. The summed E-state index contributed by atoms with van der Waals surface area (Å²) in [7, 11) is -5.19. The minimum absolute atomic E-state index is 0.0889. The van der Waals surface area contributed by atoms with E-state index in [4.69, 9.17) is 33.7 Å². The Labute approximate surface area is 261 Å². The summed E-state index contributed by atoms with van der Waals surface area (Å²) < 4.78 is 47.4. The third-order valence-electron chi connectivity index (χ3n) is 6.90. The van der Waals surface area contributed by atoms with E-state index >= 15 is 0 Å². The maximum absolute atomic E-state index is 13.2. The lowest BCUT2D eigenvalue weighted by molar-refractivity contribution is -0.156. The fraction of sp³-hybridized carbons (Fsp3) is 0.522. The van der Waals surface area contributed by atoms with Gasteiger partial charge in [0.15, 0.2) is 35.8 Å². The molecule has 0 radical (unpaired) electrons. The third-order valence-corrected chi connectivity index (χ3v) is 7.89. The third kappa shape index (κ3) is 6.96. The lowest BCUT2D eigenvalue weighted by Crippen LogP contribution is -2.40. The molecule has 3 aromatic rings. The van der Waals surface area contributed by atoms with Crippen molar-refractivity contribution in [2.75, 3.05) is 18.9 Å². The summed E-state index contributed by atoms with van der Waals surface area (Å²) in [5.41, 5.74) is 3.52. The first-order valence-corrected chi connectivity index (χ1v) is 15.0. The van der Waals surface area contributed by atoms with Crippen LogP contribution in [-0.2, 0) is 42.1 Å². The molecule has 6 N–H and O–H groups in total. The van der Waals surface area contributed by atoms with Crippen LogP contribution in [0, 0.1) is 0 Å². The van der Waals surface area contributed by atoms with Crippen LogP contribution in [0.4, 0.5) is 11.9 Å². The normalized spacial score (nSPS) is 28.6. The number of aliphatic hydroxyl groups excluding tert-OH is 2. The van der Waals surface area contributed by atoms with Crippen LogP contribution in [-0.4, -0.2) is 118 Å². The molecule has 254 valence electrons. The van der Waals surface area contributed by atoms with E-state index in [1.165, 1.54) is 4.57 Å². The molecule has 0 aliphatic carbocycles. The number of phosphoric acid groups is 1. The predicted octanol–water partition coefficient (Wildman–Crippen LogP) is -2.80. The van der Waals surface area contributed by atoms with E-state index < -0.39 is 93.3 Å². The zero-order valence-corrected chi connectivity index (χ0v) is 25.3. The average molecular weight is 686 g/mol. The highest BCUT2D eigenvalue weighted by Gasteiger charge is 2.53. The van der Waals surface area contributed by atoms with Crippen molar-refractivity contribution in [3.63, 3.8) is 0 Å². The number of nitrogens with one attached hydrogen (secondary N) is 1. The summed E-state index contributed by atoms with van der Waals surface area (Å²) in [5, 5.41) is 20.9. The van der Waals surface area contributed by atoms with Crippen molar-refractivity contribution in [3.8, 4) is 0 Å². The monoisotopic (exact) mass is 685 g/mol. The van der Waals surface area contributed by atoms with Gasteiger partial charge in [0.1, 0.15) is 30.7 Å². The first-order chi connectivity index (χ1) is 22.2. The highest BCUT2D eigenvalue weighted by Crippen LogP contribution is 2.50. The summed E-state index contributed by atoms with van der Waals surface area (Å²) in [6.45, 7) is 3.70. The molecule has 2 fully saturated rings. The number of aromatic amines is 1. The summed E-state index contributed by atoms with van der Waals surface area (Å²) in [6.07, 6.45) is -10.2. The molecule has 23 nitrogen and oxygen atoms in total. The number of nitrogen functional groups attached to an aromatic ring is 1. The van der Waals surface area contributed by atoms with Crippen LogP contribution < -0.4 is 17.0 Å². The SMILES string of the molecule is C=Nc1nc2c(ncn2[C@@H]2O[C@H](CO)[C@H](OP(=O)(O)OC[C@H]3O[C@@H](n4cnc(N)nc4=O)C(OC(C)=O)[C@H]3O)[C@@H]2OC(C)=O)c(=O)[nH]1. The van der Waals surface area contributed by atoms with Crippen molar-refractivity contribution in [1.29, 1.82) is 0 Å². The molecule has 2 unspecified atom stereocenters. The van der Waals surface area contributed by atoms with Crippen LogP contribution >= 0.6 is 7.82 Å². The maximum atomic E-state index is 13.2. The number of rotatable bonds is 11. The first kappa shape index (κ1) is 33.9. The molecule has 3 aromatic heterocycles. The number of aliphatic hydroxyl groups is 2. The average Bonchev–Trinajstić information content (AvgIpc) is 3.65. The van der Waals surface area contributed by atoms with Gasteiger partial charge in [0, 0.05) is 13.8 Å².